The van der Waals surface area contributed by atoms with Gasteiger partial charge in [-0.2, -0.15) is 0 Å². The molecule has 0 aliphatic carbocycles. The quantitative estimate of drug-likeness (QED) is 0.296. The maximum absolute atomic E-state index is 14.0. The predicted octanol–water partition coefficient (Wildman–Crippen LogP) is 5.70. The van der Waals surface area contributed by atoms with Crippen LogP contribution in [0, 0.1) is 0 Å². The first-order valence-electron chi connectivity index (χ1n) is 14.5. The molecule has 0 bridgehead atoms. The first-order chi connectivity index (χ1) is 19.5. The number of hydrogen-bond donors (Lipinski definition) is 2. The van der Waals surface area contributed by atoms with Crippen molar-refractivity contribution in [3.63, 3.8) is 0 Å². The molecule has 3 heterocycles. The van der Waals surface area contributed by atoms with Gasteiger partial charge in [-0.25, -0.2) is 0 Å². The van der Waals surface area contributed by atoms with E-state index in [0.717, 1.165) is 84.7 Å². The molecule has 6 rings (SSSR count). The summed E-state index contributed by atoms with van der Waals surface area (Å²) in [6.07, 6.45) is 3.78. The van der Waals surface area contributed by atoms with Crippen molar-refractivity contribution in [2.75, 3.05) is 63.1 Å². The summed E-state index contributed by atoms with van der Waals surface area (Å²) < 4.78 is 6.46. The molecule has 1 aromatic heterocycles. The van der Waals surface area contributed by atoms with Gasteiger partial charge in [0.1, 0.15) is 5.75 Å². The summed E-state index contributed by atoms with van der Waals surface area (Å²) in [6, 6.07) is 22.8. The van der Waals surface area contributed by atoms with Gasteiger partial charge in [-0.05, 0) is 86.3 Å². The zero-order valence-electron chi connectivity index (χ0n) is 23.5. The first kappa shape index (κ1) is 26.4. The van der Waals surface area contributed by atoms with Crippen LogP contribution >= 0.6 is 0 Å². The van der Waals surface area contributed by atoms with Crippen molar-refractivity contribution in [3.8, 4) is 16.9 Å². The lowest BCUT2D eigenvalue weighted by molar-refractivity contribution is 0.0986. The van der Waals surface area contributed by atoms with Crippen LogP contribution in [-0.2, 0) is 0 Å². The molecule has 7 heteroatoms. The number of H-pyrrole nitrogens is 1. The fourth-order valence-electron chi connectivity index (χ4n) is 5.75. The number of nitrogens with zero attached hydrogens (tertiary/aromatic N) is 3. The van der Waals surface area contributed by atoms with Gasteiger partial charge < -0.3 is 29.7 Å². The second-order valence-electron chi connectivity index (χ2n) is 11.1. The van der Waals surface area contributed by atoms with E-state index in [1.807, 2.05) is 53.6 Å². The molecule has 3 aromatic carbocycles. The van der Waals surface area contributed by atoms with Gasteiger partial charge in [0.15, 0.2) is 0 Å². The Morgan fingerprint density at radius 1 is 0.975 bits per heavy atom. The van der Waals surface area contributed by atoms with Crippen molar-refractivity contribution in [3.05, 3.63) is 78.5 Å². The van der Waals surface area contributed by atoms with Gasteiger partial charge >= 0.3 is 0 Å². The average Bonchev–Trinajstić information content (AvgIpc) is 3.38. The third-order valence-corrected chi connectivity index (χ3v) is 8.19. The summed E-state index contributed by atoms with van der Waals surface area (Å²) in [4.78, 5) is 24.0. The number of para-hydroxylation sites is 2. The highest BCUT2D eigenvalue weighted by Crippen LogP contribution is 2.35. The Kier molecular flexibility index (Phi) is 7.75. The van der Waals surface area contributed by atoms with E-state index in [-0.39, 0.29) is 5.91 Å². The largest absolute Gasteiger partial charge is 0.493 e. The van der Waals surface area contributed by atoms with Crippen molar-refractivity contribution >= 4 is 28.2 Å². The number of piperazine rings is 1. The highest BCUT2D eigenvalue weighted by molar-refractivity contribution is 6.08. The summed E-state index contributed by atoms with van der Waals surface area (Å²) in [5.41, 5.74) is 5.76. The lowest BCUT2D eigenvalue weighted by Gasteiger charge is -2.32. The lowest BCUT2D eigenvalue weighted by atomic mass is 10.0. The van der Waals surface area contributed by atoms with E-state index in [1.165, 1.54) is 0 Å². The minimum atomic E-state index is -0.00160. The highest BCUT2D eigenvalue weighted by Gasteiger charge is 2.25. The number of carbonyl (C=O) groups excluding carboxylic acids is 1. The van der Waals surface area contributed by atoms with Gasteiger partial charge in [0.2, 0.25) is 0 Å². The molecule has 1 amide bonds. The van der Waals surface area contributed by atoms with E-state index in [1.54, 1.807) is 0 Å². The maximum Gasteiger partial charge on any atom is 0.258 e. The van der Waals surface area contributed by atoms with Crippen molar-refractivity contribution in [1.82, 2.24) is 14.8 Å². The van der Waals surface area contributed by atoms with E-state index < -0.39 is 0 Å². The normalized spacial score (nSPS) is 18.2. The fraction of sp³-hybridized carbons (Fsp3) is 0.364. The average molecular weight is 538 g/mol. The Hall–Kier alpha value is -3.81. The van der Waals surface area contributed by atoms with Gasteiger partial charge in [-0.1, -0.05) is 18.2 Å². The minimum Gasteiger partial charge on any atom is -0.493 e. The number of carbonyl (C=O) groups is 1. The SMILES string of the molecule is CC1CCN(C(=O)c2ccc(-c3ccc4[nH]ccc4c3)c(OCCCN3CCN(C)CC3)c2)c2ccccc2N1. The number of benzene rings is 3. The van der Waals surface area contributed by atoms with E-state index in [9.17, 15) is 4.79 Å². The van der Waals surface area contributed by atoms with Crippen LogP contribution in [0.25, 0.3) is 22.0 Å². The number of nitrogens with one attached hydrogen (secondary N) is 2. The topological polar surface area (TPSA) is 63.8 Å². The van der Waals surface area contributed by atoms with Gasteiger partial charge in [-0.15, -0.1) is 0 Å². The van der Waals surface area contributed by atoms with Gasteiger partial charge in [0, 0.05) is 68.2 Å². The Morgan fingerprint density at radius 3 is 2.70 bits per heavy atom. The molecule has 1 fully saturated rings. The molecule has 0 radical (unpaired) electrons. The van der Waals surface area contributed by atoms with E-state index >= 15 is 0 Å². The van der Waals surface area contributed by atoms with Gasteiger partial charge in [0.05, 0.1) is 18.0 Å². The molecule has 4 aromatic rings. The Bertz CT molecular complexity index is 1470. The van der Waals surface area contributed by atoms with E-state index in [4.69, 9.17) is 4.74 Å². The van der Waals surface area contributed by atoms with Crippen molar-refractivity contribution in [2.45, 2.75) is 25.8 Å². The summed E-state index contributed by atoms with van der Waals surface area (Å²) in [5, 5.41) is 4.70. The molecule has 40 heavy (non-hydrogen) atoms. The minimum absolute atomic E-state index is 0.00160. The van der Waals surface area contributed by atoms with Crippen LogP contribution in [0.15, 0.2) is 72.9 Å². The molecule has 1 atom stereocenters. The molecule has 2 N–H and O–H groups in total. The number of aromatic amines is 1. The van der Waals surface area contributed by atoms with Crippen molar-refractivity contribution in [1.29, 1.82) is 0 Å². The van der Waals surface area contributed by atoms with Crippen molar-refractivity contribution in [2.24, 2.45) is 0 Å². The molecular weight excluding hydrogens is 498 g/mol. The summed E-state index contributed by atoms with van der Waals surface area (Å²) >= 11 is 0. The standard InChI is InChI=1S/C33H39N5O2/c1-24-13-16-38(31-7-4-3-6-30(31)35-24)33(39)27-8-10-28(25-9-11-29-26(22-25)12-14-34-29)32(23-27)40-21-5-15-37-19-17-36(2)18-20-37/h3-4,6-12,14,22-24,34-35H,5,13,15-21H2,1-2H3. The Balaban J connectivity index is 1.26. The number of amides is 1. The number of ether oxygens (including phenoxy) is 1. The number of hydrogen-bond acceptors (Lipinski definition) is 5. The van der Waals surface area contributed by atoms with Crippen molar-refractivity contribution < 1.29 is 9.53 Å². The number of rotatable bonds is 7. The van der Waals surface area contributed by atoms with Crippen LogP contribution in [0.4, 0.5) is 11.4 Å². The maximum atomic E-state index is 14.0. The number of fused-ring (bicyclic) bond motifs is 2. The number of anilines is 2. The zero-order valence-corrected chi connectivity index (χ0v) is 23.5. The van der Waals surface area contributed by atoms with Crippen LogP contribution in [-0.4, -0.2) is 79.7 Å². The highest BCUT2D eigenvalue weighted by atomic mass is 16.5. The number of likely N-dealkylation sites (N-methyl/N-ethyl adjacent to an activating group) is 1. The molecule has 1 saturated heterocycles. The molecule has 1 unspecified atom stereocenters. The van der Waals surface area contributed by atoms with Crippen LogP contribution in [0.3, 0.4) is 0 Å². The van der Waals surface area contributed by atoms with E-state index in [0.29, 0.717) is 24.8 Å². The van der Waals surface area contributed by atoms with Crippen LogP contribution in [0.5, 0.6) is 5.75 Å². The smallest absolute Gasteiger partial charge is 0.258 e. The molecule has 2 aliphatic heterocycles. The molecule has 2 aliphatic rings. The molecule has 0 spiro atoms. The fourth-order valence-corrected chi connectivity index (χ4v) is 5.75. The molecule has 208 valence electrons. The zero-order chi connectivity index (χ0) is 27.5. The summed E-state index contributed by atoms with van der Waals surface area (Å²) in [7, 11) is 2.18. The Morgan fingerprint density at radius 2 is 1.82 bits per heavy atom. The molecule has 7 nitrogen and oxygen atoms in total. The predicted molar refractivity (Wildman–Crippen MR) is 164 cm³/mol. The third-order valence-electron chi connectivity index (χ3n) is 8.19. The Labute approximate surface area is 236 Å². The van der Waals surface area contributed by atoms with Gasteiger partial charge in [0.25, 0.3) is 5.91 Å². The second-order valence-corrected chi connectivity index (χ2v) is 11.1. The van der Waals surface area contributed by atoms with Gasteiger partial charge in [-0.3, -0.25) is 4.79 Å². The molecule has 0 saturated carbocycles. The third kappa shape index (κ3) is 5.71. The summed E-state index contributed by atoms with van der Waals surface area (Å²) in [6.45, 7) is 8.89. The lowest BCUT2D eigenvalue weighted by Crippen LogP contribution is -2.44. The molecular formula is C33H39N5O2. The van der Waals surface area contributed by atoms with Crippen LogP contribution < -0.4 is 15.0 Å². The van der Waals surface area contributed by atoms with Crippen LogP contribution in [0.1, 0.15) is 30.1 Å². The first-order valence-corrected chi connectivity index (χ1v) is 14.5. The van der Waals surface area contributed by atoms with Crippen LogP contribution in [0.2, 0.25) is 0 Å². The monoisotopic (exact) mass is 537 g/mol. The summed E-state index contributed by atoms with van der Waals surface area (Å²) in [5.74, 6) is 0.756. The second kappa shape index (κ2) is 11.7. The van der Waals surface area contributed by atoms with E-state index in [2.05, 4.69) is 58.3 Å². The number of aromatic nitrogens is 1.